The number of hydrogen-bond donors (Lipinski definition) is 0. The van der Waals surface area contributed by atoms with Crippen LogP contribution in [0.5, 0.6) is 0 Å². The monoisotopic (exact) mass is 347 g/mol. The molecule has 2 aliphatic heterocycles. The Morgan fingerprint density at radius 1 is 1.12 bits per heavy atom. The van der Waals surface area contributed by atoms with Gasteiger partial charge < -0.3 is 9.80 Å². The molecule has 0 N–H and O–H groups in total. The topological polar surface area (TPSA) is 26.8 Å². The molecule has 0 aromatic heterocycles. The summed E-state index contributed by atoms with van der Waals surface area (Å²) in [5, 5.41) is 0. The quantitative estimate of drug-likeness (QED) is 0.738. The van der Waals surface area contributed by atoms with Crippen molar-refractivity contribution in [2.24, 2.45) is 0 Å². The lowest BCUT2D eigenvalue weighted by Crippen LogP contribution is -2.49. The second kappa shape index (κ2) is 8.88. The summed E-state index contributed by atoms with van der Waals surface area (Å²) in [6, 6.07) is 10.9. The lowest BCUT2D eigenvalue weighted by atomic mass is 10.0. The molecule has 2 saturated heterocycles. The van der Waals surface area contributed by atoms with E-state index >= 15 is 0 Å². The molecule has 2 fully saturated rings. The minimum absolute atomic E-state index is 0.301. The van der Waals surface area contributed by atoms with E-state index in [4.69, 9.17) is 0 Å². The molecule has 0 saturated carbocycles. The number of amides is 1. The normalized spacial score (nSPS) is 22.9. The number of hydrogen-bond acceptors (Lipinski definition) is 4. The minimum atomic E-state index is 0.301. The Bertz CT molecular complexity index is 519. The highest BCUT2D eigenvalue weighted by atomic mass is 32.2. The Balaban J connectivity index is 1.44. The zero-order chi connectivity index (χ0) is 16.8. The predicted molar refractivity (Wildman–Crippen MR) is 101 cm³/mol. The molecule has 3 rings (SSSR count). The van der Waals surface area contributed by atoms with E-state index in [1.54, 1.807) is 11.8 Å². The molecule has 132 valence electrons. The second-order valence-corrected chi connectivity index (χ2v) is 7.95. The number of nitrogens with zero attached hydrogens (tertiary/aromatic N) is 3. The Morgan fingerprint density at radius 3 is 2.62 bits per heavy atom. The first-order valence-electron chi connectivity index (χ1n) is 9.07. The summed E-state index contributed by atoms with van der Waals surface area (Å²) in [5.74, 6) is 2.00. The van der Waals surface area contributed by atoms with E-state index in [0.717, 1.165) is 31.9 Å². The van der Waals surface area contributed by atoms with Crippen molar-refractivity contribution in [3.63, 3.8) is 0 Å². The smallest absolute Gasteiger partial charge is 0.232 e. The molecular weight excluding hydrogens is 318 g/mol. The number of benzene rings is 1. The van der Waals surface area contributed by atoms with Gasteiger partial charge in [-0.25, -0.2) is 0 Å². The van der Waals surface area contributed by atoms with E-state index < -0.39 is 0 Å². The highest BCUT2D eigenvalue weighted by Gasteiger charge is 2.28. The second-order valence-electron chi connectivity index (χ2n) is 6.85. The van der Waals surface area contributed by atoms with Gasteiger partial charge in [-0.05, 0) is 38.5 Å². The fraction of sp³-hybridized carbons (Fsp3) is 0.632. The van der Waals surface area contributed by atoms with Gasteiger partial charge in [0.2, 0.25) is 5.91 Å². The number of piperazine rings is 1. The van der Waals surface area contributed by atoms with Crippen LogP contribution in [0.15, 0.2) is 30.3 Å². The molecule has 2 aliphatic rings. The third-order valence-corrected chi connectivity index (χ3v) is 6.08. The molecule has 4 nitrogen and oxygen atoms in total. The Kier molecular flexibility index (Phi) is 6.58. The molecule has 0 radical (unpaired) electrons. The van der Waals surface area contributed by atoms with Gasteiger partial charge in [-0.15, -0.1) is 0 Å². The van der Waals surface area contributed by atoms with Crippen molar-refractivity contribution in [1.29, 1.82) is 0 Å². The summed E-state index contributed by atoms with van der Waals surface area (Å²) < 4.78 is 0. The van der Waals surface area contributed by atoms with Gasteiger partial charge in [0.15, 0.2) is 0 Å². The number of thioether (sulfide) groups is 1. The SMILES string of the molecule is CN1CCN(C(=O)CSCCN2CCCC2)C[C@H]1c1ccccc1. The summed E-state index contributed by atoms with van der Waals surface area (Å²) >= 11 is 1.79. The minimum Gasteiger partial charge on any atom is -0.339 e. The Hall–Kier alpha value is -1.04. The van der Waals surface area contributed by atoms with Gasteiger partial charge in [-0.2, -0.15) is 11.8 Å². The molecule has 0 bridgehead atoms. The molecule has 0 aliphatic carbocycles. The third-order valence-electron chi connectivity index (χ3n) is 5.16. The van der Waals surface area contributed by atoms with Crippen molar-refractivity contribution in [3.8, 4) is 0 Å². The first-order chi connectivity index (χ1) is 11.7. The van der Waals surface area contributed by atoms with Crippen LogP contribution in [0.3, 0.4) is 0 Å². The summed E-state index contributed by atoms with van der Waals surface area (Å²) in [7, 11) is 2.16. The summed E-state index contributed by atoms with van der Waals surface area (Å²) in [5.41, 5.74) is 1.30. The standard InChI is InChI=1S/C19H29N3OS/c1-20-11-12-22(15-18(20)17-7-3-2-4-8-17)19(23)16-24-14-13-21-9-5-6-10-21/h2-4,7-8,18H,5-6,9-16H2,1H3/t18-/m0/s1. The zero-order valence-electron chi connectivity index (χ0n) is 14.7. The average molecular weight is 348 g/mol. The van der Waals surface area contributed by atoms with Crippen LogP contribution in [0.25, 0.3) is 0 Å². The van der Waals surface area contributed by atoms with Gasteiger partial charge in [0.05, 0.1) is 11.8 Å². The van der Waals surface area contributed by atoms with Gasteiger partial charge in [-0.1, -0.05) is 30.3 Å². The number of carbonyl (C=O) groups is 1. The largest absolute Gasteiger partial charge is 0.339 e. The molecular formula is C19H29N3OS. The van der Waals surface area contributed by atoms with Gasteiger partial charge in [0, 0.05) is 31.9 Å². The van der Waals surface area contributed by atoms with Crippen molar-refractivity contribution < 1.29 is 4.79 Å². The fourth-order valence-corrected chi connectivity index (χ4v) is 4.47. The van der Waals surface area contributed by atoms with E-state index in [9.17, 15) is 4.79 Å². The van der Waals surface area contributed by atoms with Crippen LogP contribution in [-0.4, -0.2) is 78.4 Å². The van der Waals surface area contributed by atoms with Gasteiger partial charge in [0.25, 0.3) is 0 Å². The molecule has 2 heterocycles. The van der Waals surface area contributed by atoms with Crippen LogP contribution in [0.2, 0.25) is 0 Å². The van der Waals surface area contributed by atoms with Crippen molar-refractivity contribution in [2.45, 2.75) is 18.9 Å². The predicted octanol–water partition coefficient (Wildman–Crippen LogP) is 2.33. The van der Waals surface area contributed by atoms with E-state index in [0.29, 0.717) is 17.7 Å². The van der Waals surface area contributed by atoms with Gasteiger partial charge >= 0.3 is 0 Å². The molecule has 1 amide bonds. The van der Waals surface area contributed by atoms with Crippen molar-refractivity contribution in [3.05, 3.63) is 35.9 Å². The van der Waals surface area contributed by atoms with Crippen molar-refractivity contribution in [1.82, 2.24) is 14.7 Å². The lowest BCUT2D eigenvalue weighted by molar-refractivity contribution is -0.131. The van der Waals surface area contributed by atoms with Gasteiger partial charge in [-0.3, -0.25) is 9.69 Å². The third kappa shape index (κ3) is 4.74. The highest BCUT2D eigenvalue weighted by molar-refractivity contribution is 7.99. The summed E-state index contributed by atoms with van der Waals surface area (Å²) in [6.45, 7) is 6.23. The van der Waals surface area contributed by atoms with E-state index in [1.165, 1.54) is 31.5 Å². The van der Waals surface area contributed by atoms with Crippen LogP contribution >= 0.6 is 11.8 Å². The maximum atomic E-state index is 12.6. The van der Waals surface area contributed by atoms with Crippen LogP contribution in [0.4, 0.5) is 0 Å². The summed E-state index contributed by atoms with van der Waals surface area (Å²) in [6.07, 6.45) is 2.68. The van der Waals surface area contributed by atoms with Crippen LogP contribution in [0, 0.1) is 0 Å². The lowest BCUT2D eigenvalue weighted by Gasteiger charge is -2.39. The first-order valence-corrected chi connectivity index (χ1v) is 10.2. The number of likely N-dealkylation sites (N-methyl/N-ethyl adjacent to an activating group) is 1. The number of rotatable bonds is 6. The molecule has 24 heavy (non-hydrogen) atoms. The Morgan fingerprint density at radius 2 is 1.88 bits per heavy atom. The van der Waals surface area contributed by atoms with Crippen molar-refractivity contribution in [2.75, 3.05) is 57.8 Å². The van der Waals surface area contributed by atoms with Crippen molar-refractivity contribution >= 4 is 17.7 Å². The maximum absolute atomic E-state index is 12.6. The molecule has 1 aromatic carbocycles. The summed E-state index contributed by atoms with van der Waals surface area (Å²) in [4.78, 5) is 19.5. The van der Waals surface area contributed by atoms with E-state index in [1.807, 2.05) is 6.07 Å². The maximum Gasteiger partial charge on any atom is 0.232 e. The Labute approximate surface area is 150 Å². The number of carbonyl (C=O) groups excluding carboxylic acids is 1. The molecule has 5 heteroatoms. The van der Waals surface area contributed by atoms with Crippen LogP contribution in [-0.2, 0) is 4.79 Å². The molecule has 1 atom stereocenters. The van der Waals surface area contributed by atoms with E-state index in [-0.39, 0.29) is 0 Å². The molecule has 0 unspecified atom stereocenters. The molecule has 0 spiro atoms. The highest BCUT2D eigenvalue weighted by Crippen LogP contribution is 2.24. The van der Waals surface area contributed by atoms with Crippen LogP contribution in [0.1, 0.15) is 24.4 Å². The van der Waals surface area contributed by atoms with Crippen LogP contribution < -0.4 is 0 Å². The zero-order valence-corrected chi connectivity index (χ0v) is 15.5. The van der Waals surface area contributed by atoms with E-state index in [2.05, 4.69) is 46.0 Å². The first kappa shape index (κ1) is 17.8. The average Bonchev–Trinajstić information content (AvgIpc) is 3.13. The fourth-order valence-electron chi connectivity index (χ4n) is 3.59. The number of likely N-dealkylation sites (tertiary alicyclic amines) is 1. The molecule has 1 aromatic rings. The van der Waals surface area contributed by atoms with Gasteiger partial charge in [0.1, 0.15) is 0 Å².